The first-order valence-electron chi connectivity index (χ1n) is 6.56. The van der Waals surface area contributed by atoms with Crippen molar-refractivity contribution in [3.8, 4) is 5.75 Å². The van der Waals surface area contributed by atoms with Crippen LogP contribution in [0.5, 0.6) is 5.75 Å². The quantitative estimate of drug-likeness (QED) is 0.921. The number of halogens is 1. The van der Waals surface area contributed by atoms with Crippen LogP contribution in [-0.4, -0.2) is 23.9 Å². The zero-order valence-corrected chi connectivity index (χ0v) is 13.0. The van der Waals surface area contributed by atoms with Gasteiger partial charge in [0.05, 0.1) is 23.5 Å². The summed E-state index contributed by atoms with van der Waals surface area (Å²) in [6, 6.07) is 8.14. The monoisotopic (exact) mass is 293 g/mol. The molecule has 0 bridgehead atoms. The van der Waals surface area contributed by atoms with Crippen LogP contribution in [0.4, 0.5) is 0 Å². The van der Waals surface area contributed by atoms with Crippen LogP contribution in [0.1, 0.15) is 23.0 Å². The number of aromatic nitrogens is 2. The largest absolute Gasteiger partial charge is 0.496 e. The van der Waals surface area contributed by atoms with E-state index in [1.807, 2.05) is 43.9 Å². The minimum atomic E-state index is 0.124. The third kappa shape index (κ3) is 2.81. The fourth-order valence-corrected chi connectivity index (χ4v) is 2.65. The van der Waals surface area contributed by atoms with E-state index < -0.39 is 0 Å². The van der Waals surface area contributed by atoms with Gasteiger partial charge in [0.1, 0.15) is 5.75 Å². The molecule has 0 aliphatic heterocycles. The van der Waals surface area contributed by atoms with Gasteiger partial charge in [0.15, 0.2) is 0 Å². The van der Waals surface area contributed by atoms with Gasteiger partial charge < -0.3 is 10.1 Å². The average Bonchev–Trinajstić information content (AvgIpc) is 2.70. The van der Waals surface area contributed by atoms with E-state index in [0.29, 0.717) is 0 Å². The molecular formula is C15H20ClN3O. The molecule has 1 unspecified atom stereocenters. The molecule has 2 rings (SSSR count). The van der Waals surface area contributed by atoms with Gasteiger partial charge in [-0.25, -0.2) is 0 Å². The average molecular weight is 294 g/mol. The smallest absolute Gasteiger partial charge is 0.123 e. The molecule has 0 spiro atoms. The Hall–Kier alpha value is -1.52. The number of nitrogens with one attached hydrogen (secondary N) is 1. The van der Waals surface area contributed by atoms with Crippen LogP contribution >= 0.6 is 11.6 Å². The first-order valence-corrected chi connectivity index (χ1v) is 6.94. The molecule has 1 atom stereocenters. The third-order valence-electron chi connectivity index (χ3n) is 3.52. The van der Waals surface area contributed by atoms with Crippen LogP contribution in [0.3, 0.4) is 0 Å². The van der Waals surface area contributed by atoms with Gasteiger partial charge in [0, 0.05) is 25.1 Å². The lowest BCUT2D eigenvalue weighted by Gasteiger charge is -2.19. The van der Waals surface area contributed by atoms with Crippen LogP contribution in [0.2, 0.25) is 5.02 Å². The van der Waals surface area contributed by atoms with Crippen molar-refractivity contribution in [1.29, 1.82) is 0 Å². The number of ether oxygens (including phenoxy) is 1. The van der Waals surface area contributed by atoms with Crippen molar-refractivity contribution >= 4 is 11.6 Å². The lowest BCUT2D eigenvalue weighted by Crippen LogP contribution is -2.21. The van der Waals surface area contributed by atoms with E-state index in [9.17, 15) is 0 Å². The van der Waals surface area contributed by atoms with Gasteiger partial charge in [-0.3, -0.25) is 4.68 Å². The van der Waals surface area contributed by atoms with Crippen molar-refractivity contribution in [2.24, 2.45) is 7.05 Å². The molecule has 0 fully saturated rings. The summed E-state index contributed by atoms with van der Waals surface area (Å²) in [4.78, 5) is 0. The number of rotatable bonds is 5. The molecule has 0 saturated heterocycles. The molecule has 0 aliphatic carbocycles. The summed E-state index contributed by atoms with van der Waals surface area (Å²) in [5.41, 5.74) is 3.00. The van der Waals surface area contributed by atoms with Crippen molar-refractivity contribution in [2.45, 2.75) is 19.4 Å². The minimum absolute atomic E-state index is 0.124. The molecule has 1 aromatic carbocycles. The van der Waals surface area contributed by atoms with Crippen molar-refractivity contribution in [3.63, 3.8) is 0 Å². The number of methoxy groups -OCH3 is 1. The van der Waals surface area contributed by atoms with Crippen molar-refractivity contribution in [1.82, 2.24) is 15.1 Å². The van der Waals surface area contributed by atoms with E-state index in [4.69, 9.17) is 16.3 Å². The van der Waals surface area contributed by atoms with E-state index in [1.165, 1.54) is 0 Å². The Morgan fingerprint density at radius 3 is 2.65 bits per heavy atom. The highest BCUT2D eigenvalue weighted by molar-refractivity contribution is 6.31. The summed E-state index contributed by atoms with van der Waals surface area (Å²) >= 11 is 6.33. The highest BCUT2D eigenvalue weighted by atomic mass is 35.5. The maximum atomic E-state index is 6.33. The maximum Gasteiger partial charge on any atom is 0.123 e. The lowest BCUT2D eigenvalue weighted by atomic mass is 10.0. The second-order valence-electron chi connectivity index (χ2n) is 4.76. The molecule has 108 valence electrons. The van der Waals surface area contributed by atoms with Crippen LogP contribution in [-0.2, 0) is 13.5 Å². The molecule has 5 heteroatoms. The van der Waals surface area contributed by atoms with Gasteiger partial charge in [-0.05, 0) is 20.0 Å². The highest BCUT2D eigenvalue weighted by Crippen LogP contribution is 2.30. The summed E-state index contributed by atoms with van der Waals surface area (Å²) in [6.45, 7) is 1.92. The second-order valence-corrected chi connectivity index (χ2v) is 5.13. The number of benzene rings is 1. The predicted molar refractivity (Wildman–Crippen MR) is 81.5 cm³/mol. The Balaban J connectivity index is 2.34. The number of nitrogens with zero attached hydrogens (tertiary/aromatic N) is 2. The number of hydrogen-bond donors (Lipinski definition) is 1. The van der Waals surface area contributed by atoms with Gasteiger partial charge in [0.25, 0.3) is 0 Å². The van der Waals surface area contributed by atoms with Crippen LogP contribution in [0.15, 0.2) is 24.3 Å². The van der Waals surface area contributed by atoms with Gasteiger partial charge in [-0.2, -0.15) is 5.10 Å². The fourth-order valence-electron chi connectivity index (χ4n) is 2.42. The van der Waals surface area contributed by atoms with E-state index in [-0.39, 0.29) is 6.04 Å². The van der Waals surface area contributed by atoms with E-state index in [0.717, 1.165) is 34.1 Å². The number of hydrogen-bond acceptors (Lipinski definition) is 3. The van der Waals surface area contributed by atoms with Crippen molar-refractivity contribution < 1.29 is 4.74 Å². The van der Waals surface area contributed by atoms with Gasteiger partial charge in [-0.1, -0.05) is 29.8 Å². The zero-order chi connectivity index (χ0) is 14.7. The summed E-state index contributed by atoms with van der Waals surface area (Å²) < 4.78 is 7.28. The van der Waals surface area contributed by atoms with Crippen LogP contribution in [0.25, 0.3) is 0 Å². The lowest BCUT2D eigenvalue weighted by molar-refractivity contribution is 0.400. The molecule has 1 heterocycles. The van der Waals surface area contributed by atoms with E-state index in [2.05, 4.69) is 16.5 Å². The summed E-state index contributed by atoms with van der Waals surface area (Å²) in [5.74, 6) is 0.877. The molecular weight excluding hydrogens is 274 g/mol. The molecule has 1 N–H and O–H groups in total. The molecule has 1 aromatic heterocycles. The SMILES string of the molecule is CNC(Cc1c(Cl)c(C)nn1C)c1ccccc1OC. The molecule has 2 aromatic rings. The topological polar surface area (TPSA) is 39.1 Å². The minimum Gasteiger partial charge on any atom is -0.496 e. The molecule has 0 saturated carbocycles. The number of para-hydroxylation sites is 1. The Bertz CT molecular complexity index is 595. The summed E-state index contributed by atoms with van der Waals surface area (Å²) in [6.07, 6.45) is 0.757. The summed E-state index contributed by atoms with van der Waals surface area (Å²) in [5, 5.41) is 8.42. The molecule has 20 heavy (non-hydrogen) atoms. The van der Waals surface area contributed by atoms with Gasteiger partial charge >= 0.3 is 0 Å². The Kier molecular flexibility index (Phi) is 4.68. The van der Waals surface area contributed by atoms with Crippen LogP contribution in [0, 0.1) is 6.92 Å². The Labute approximate surface area is 124 Å². The second kappa shape index (κ2) is 6.29. The third-order valence-corrected chi connectivity index (χ3v) is 4.01. The standard InChI is InChI=1S/C15H20ClN3O/c1-10-15(16)13(19(3)18-10)9-12(17-2)11-7-5-6-8-14(11)20-4/h5-8,12,17H,9H2,1-4H3. The van der Waals surface area contributed by atoms with Crippen LogP contribution < -0.4 is 10.1 Å². The summed E-state index contributed by atoms with van der Waals surface area (Å²) in [7, 11) is 5.55. The first kappa shape index (κ1) is 14.9. The Morgan fingerprint density at radius 1 is 1.40 bits per heavy atom. The first-order chi connectivity index (χ1) is 9.58. The fraction of sp³-hybridized carbons (Fsp3) is 0.400. The van der Waals surface area contributed by atoms with Gasteiger partial charge in [-0.15, -0.1) is 0 Å². The van der Waals surface area contributed by atoms with Crippen molar-refractivity contribution in [2.75, 3.05) is 14.2 Å². The maximum absolute atomic E-state index is 6.33. The number of aryl methyl sites for hydroxylation is 2. The molecule has 0 amide bonds. The number of likely N-dealkylation sites (N-methyl/N-ethyl adjacent to an activating group) is 1. The molecule has 0 radical (unpaired) electrons. The highest BCUT2D eigenvalue weighted by Gasteiger charge is 2.19. The predicted octanol–water partition coefficient (Wildman–Crippen LogP) is 2.89. The Morgan fingerprint density at radius 2 is 2.10 bits per heavy atom. The van der Waals surface area contributed by atoms with E-state index >= 15 is 0 Å². The molecule has 4 nitrogen and oxygen atoms in total. The molecule has 0 aliphatic rings. The van der Waals surface area contributed by atoms with Gasteiger partial charge in [0.2, 0.25) is 0 Å². The normalized spacial score (nSPS) is 12.4. The zero-order valence-electron chi connectivity index (χ0n) is 12.3. The van der Waals surface area contributed by atoms with E-state index in [1.54, 1.807) is 7.11 Å². The van der Waals surface area contributed by atoms with Crippen molar-refractivity contribution in [3.05, 3.63) is 46.2 Å².